The van der Waals surface area contributed by atoms with Crippen molar-refractivity contribution >= 4 is 21.6 Å². The first kappa shape index (κ1) is 15.6. The van der Waals surface area contributed by atoms with Crippen LogP contribution in [0, 0.1) is 5.92 Å². The molecule has 1 aliphatic rings. The standard InChI is InChI=1S/C14H18BrF3N2/c1-20-4-2-3-10(9-20)8-19-13-6-11(14(16,17)18)5-12(15)7-13/h5-7,10,19H,2-4,8-9H2,1H3. The molecule has 1 saturated heterocycles. The summed E-state index contributed by atoms with van der Waals surface area (Å²) in [6.07, 6.45) is -2.04. The second kappa shape index (κ2) is 6.35. The minimum atomic E-state index is -4.31. The predicted molar refractivity (Wildman–Crippen MR) is 77.9 cm³/mol. The molecule has 1 fully saturated rings. The first-order valence-corrected chi connectivity index (χ1v) is 7.44. The molecule has 0 aliphatic carbocycles. The summed E-state index contributed by atoms with van der Waals surface area (Å²) in [6, 6.07) is 3.94. The fourth-order valence-electron chi connectivity index (χ4n) is 2.56. The van der Waals surface area contributed by atoms with Crippen molar-refractivity contribution in [1.82, 2.24) is 4.90 Å². The topological polar surface area (TPSA) is 15.3 Å². The van der Waals surface area contributed by atoms with Crippen molar-refractivity contribution in [3.8, 4) is 0 Å². The molecule has 1 heterocycles. The third-order valence-corrected chi connectivity index (χ3v) is 4.00. The van der Waals surface area contributed by atoms with E-state index in [1.807, 2.05) is 0 Å². The molecule has 0 radical (unpaired) electrons. The molecule has 1 aromatic rings. The number of likely N-dealkylation sites (tertiary alicyclic amines) is 1. The van der Waals surface area contributed by atoms with Crippen LogP contribution in [0.5, 0.6) is 0 Å². The first-order valence-electron chi connectivity index (χ1n) is 6.65. The van der Waals surface area contributed by atoms with Crippen LogP contribution in [0.4, 0.5) is 18.9 Å². The Morgan fingerprint density at radius 2 is 2.10 bits per heavy atom. The molecule has 1 N–H and O–H groups in total. The molecule has 0 spiro atoms. The summed E-state index contributed by atoms with van der Waals surface area (Å²) in [7, 11) is 2.08. The van der Waals surface area contributed by atoms with Gasteiger partial charge in [0.25, 0.3) is 0 Å². The SMILES string of the molecule is CN1CCCC(CNc2cc(Br)cc(C(F)(F)F)c2)C1. The summed E-state index contributed by atoms with van der Waals surface area (Å²) in [6.45, 7) is 2.80. The van der Waals surface area contributed by atoms with E-state index in [-0.39, 0.29) is 0 Å². The van der Waals surface area contributed by atoms with E-state index >= 15 is 0 Å². The van der Waals surface area contributed by atoms with Crippen LogP contribution < -0.4 is 5.32 Å². The van der Waals surface area contributed by atoms with E-state index in [1.165, 1.54) is 0 Å². The zero-order chi connectivity index (χ0) is 14.8. The average molecular weight is 351 g/mol. The van der Waals surface area contributed by atoms with Gasteiger partial charge < -0.3 is 10.2 Å². The summed E-state index contributed by atoms with van der Waals surface area (Å²) >= 11 is 3.13. The van der Waals surface area contributed by atoms with Gasteiger partial charge >= 0.3 is 6.18 Å². The molecule has 2 rings (SSSR count). The van der Waals surface area contributed by atoms with Crippen molar-refractivity contribution < 1.29 is 13.2 Å². The Labute approximate surface area is 125 Å². The Morgan fingerprint density at radius 3 is 2.75 bits per heavy atom. The number of nitrogens with one attached hydrogen (secondary N) is 1. The van der Waals surface area contributed by atoms with Crippen LogP contribution in [0.3, 0.4) is 0 Å². The maximum Gasteiger partial charge on any atom is 0.416 e. The first-order chi connectivity index (χ1) is 9.34. The number of anilines is 1. The van der Waals surface area contributed by atoms with Gasteiger partial charge in [-0.3, -0.25) is 0 Å². The highest BCUT2D eigenvalue weighted by atomic mass is 79.9. The van der Waals surface area contributed by atoms with Gasteiger partial charge in [0.1, 0.15) is 0 Å². The van der Waals surface area contributed by atoms with Gasteiger partial charge in [0.2, 0.25) is 0 Å². The summed E-state index contributed by atoms with van der Waals surface area (Å²) < 4.78 is 38.7. The molecule has 0 amide bonds. The summed E-state index contributed by atoms with van der Waals surface area (Å²) in [5.41, 5.74) is -0.116. The van der Waals surface area contributed by atoms with Gasteiger partial charge in [-0.1, -0.05) is 15.9 Å². The lowest BCUT2D eigenvalue weighted by atomic mass is 9.98. The van der Waals surface area contributed by atoms with E-state index in [0.717, 1.165) is 38.1 Å². The van der Waals surface area contributed by atoms with Gasteiger partial charge in [-0.25, -0.2) is 0 Å². The molecule has 0 aromatic heterocycles. The number of rotatable bonds is 3. The van der Waals surface area contributed by atoms with Gasteiger partial charge in [-0.05, 0) is 50.6 Å². The Morgan fingerprint density at radius 1 is 1.35 bits per heavy atom. The maximum atomic E-state index is 12.7. The average Bonchev–Trinajstić information content (AvgIpc) is 2.35. The monoisotopic (exact) mass is 350 g/mol. The van der Waals surface area contributed by atoms with Crippen molar-refractivity contribution in [2.45, 2.75) is 19.0 Å². The lowest BCUT2D eigenvalue weighted by Crippen LogP contribution is -2.35. The molecule has 20 heavy (non-hydrogen) atoms. The van der Waals surface area contributed by atoms with Crippen molar-refractivity contribution in [3.63, 3.8) is 0 Å². The minimum absolute atomic E-state index is 0.440. The number of hydrogen-bond acceptors (Lipinski definition) is 2. The Bertz CT molecular complexity index is 462. The van der Waals surface area contributed by atoms with Crippen molar-refractivity contribution in [1.29, 1.82) is 0 Å². The Hall–Kier alpha value is -0.750. The zero-order valence-corrected chi connectivity index (χ0v) is 12.9. The third-order valence-electron chi connectivity index (χ3n) is 3.54. The second-order valence-corrected chi connectivity index (χ2v) is 6.29. The normalized spacial score (nSPS) is 20.9. The fourth-order valence-corrected chi connectivity index (χ4v) is 3.05. The van der Waals surface area contributed by atoms with E-state index < -0.39 is 11.7 Å². The lowest BCUT2D eigenvalue weighted by Gasteiger charge is -2.30. The molecular weight excluding hydrogens is 333 g/mol. The molecule has 112 valence electrons. The van der Waals surface area contributed by atoms with Crippen LogP contribution >= 0.6 is 15.9 Å². The minimum Gasteiger partial charge on any atom is -0.385 e. The number of halogens is 4. The number of alkyl halides is 3. The quantitative estimate of drug-likeness (QED) is 0.877. The van der Waals surface area contributed by atoms with E-state index in [4.69, 9.17) is 0 Å². The largest absolute Gasteiger partial charge is 0.416 e. The smallest absolute Gasteiger partial charge is 0.385 e. The van der Waals surface area contributed by atoms with Crippen LogP contribution in [0.1, 0.15) is 18.4 Å². The zero-order valence-electron chi connectivity index (χ0n) is 11.3. The van der Waals surface area contributed by atoms with Gasteiger partial charge in [0, 0.05) is 23.2 Å². The summed E-state index contributed by atoms with van der Waals surface area (Å²) in [4.78, 5) is 2.26. The van der Waals surface area contributed by atoms with Gasteiger partial charge in [0.15, 0.2) is 0 Å². The highest BCUT2D eigenvalue weighted by molar-refractivity contribution is 9.10. The predicted octanol–water partition coefficient (Wildman–Crippen LogP) is 4.22. The highest BCUT2D eigenvalue weighted by Gasteiger charge is 2.31. The van der Waals surface area contributed by atoms with Crippen LogP contribution in [-0.2, 0) is 6.18 Å². The fraction of sp³-hybridized carbons (Fsp3) is 0.571. The number of nitrogens with zero attached hydrogens (tertiary/aromatic N) is 1. The number of hydrogen-bond donors (Lipinski definition) is 1. The van der Waals surface area contributed by atoms with E-state index in [0.29, 0.717) is 22.6 Å². The molecule has 1 atom stereocenters. The lowest BCUT2D eigenvalue weighted by molar-refractivity contribution is -0.137. The maximum absolute atomic E-state index is 12.7. The number of piperidine rings is 1. The molecule has 1 aromatic carbocycles. The molecule has 1 aliphatic heterocycles. The van der Waals surface area contributed by atoms with Crippen molar-refractivity contribution in [3.05, 3.63) is 28.2 Å². The third kappa shape index (κ3) is 4.38. The Kier molecular flexibility index (Phi) is 4.96. The molecule has 6 heteroatoms. The molecule has 0 bridgehead atoms. The molecular formula is C14H18BrF3N2. The van der Waals surface area contributed by atoms with E-state index in [2.05, 4.69) is 33.2 Å². The van der Waals surface area contributed by atoms with Crippen LogP contribution in [-0.4, -0.2) is 31.6 Å². The van der Waals surface area contributed by atoms with Gasteiger partial charge in [-0.15, -0.1) is 0 Å². The number of benzene rings is 1. The summed E-state index contributed by atoms with van der Waals surface area (Å²) in [5.74, 6) is 0.488. The van der Waals surface area contributed by atoms with Crippen LogP contribution in [0.15, 0.2) is 22.7 Å². The molecule has 2 nitrogen and oxygen atoms in total. The molecule has 0 saturated carbocycles. The molecule has 1 unspecified atom stereocenters. The van der Waals surface area contributed by atoms with Crippen LogP contribution in [0.25, 0.3) is 0 Å². The van der Waals surface area contributed by atoms with Crippen LogP contribution in [0.2, 0.25) is 0 Å². The van der Waals surface area contributed by atoms with E-state index in [9.17, 15) is 13.2 Å². The van der Waals surface area contributed by atoms with Gasteiger partial charge in [-0.2, -0.15) is 13.2 Å². The summed E-state index contributed by atoms with van der Waals surface area (Å²) in [5, 5.41) is 3.13. The highest BCUT2D eigenvalue weighted by Crippen LogP contribution is 2.33. The van der Waals surface area contributed by atoms with Gasteiger partial charge in [0.05, 0.1) is 5.56 Å². The van der Waals surface area contributed by atoms with Crippen molar-refractivity contribution in [2.24, 2.45) is 5.92 Å². The van der Waals surface area contributed by atoms with E-state index in [1.54, 1.807) is 6.07 Å². The van der Waals surface area contributed by atoms with Crippen molar-refractivity contribution in [2.75, 3.05) is 32.0 Å². The Balaban J connectivity index is 2.00. The second-order valence-electron chi connectivity index (χ2n) is 5.38.